The maximum atomic E-state index is 11.2. The van der Waals surface area contributed by atoms with Crippen molar-refractivity contribution in [2.24, 2.45) is 5.92 Å². The monoisotopic (exact) mass is 152 g/mol. The van der Waals surface area contributed by atoms with Gasteiger partial charge in [-0.2, -0.15) is 0 Å². The highest BCUT2D eigenvalue weighted by atomic mass is 16.1. The SMILES string of the molecule is C#CCNC(=O)C1CCNC1. The lowest BCUT2D eigenvalue weighted by Gasteiger charge is -2.06. The Labute approximate surface area is 66.5 Å². The molecule has 0 saturated carbocycles. The number of amides is 1. The fourth-order valence-electron chi connectivity index (χ4n) is 1.16. The van der Waals surface area contributed by atoms with Gasteiger partial charge in [0, 0.05) is 6.54 Å². The number of carbonyl (C=O) groups excluding carboxylic acids is 1. The van der Waals surface area contributed by atoms with Crippen LogP contribution in [0.2, 0.25) is 0 Å². The van der Waals surface area contributed by atoms with Crippen LogP contribution in [0.4, 0.5) is 0 Å². The molecule has 0 radical (unpaired) electrons. The van der Waals surface area contributed by atoms with Crippen molar-refractivity contribution in [3.63, 3.8) is 0 Å². The molecular weight excluding hydrogens is 140 g/mol. The second-order valence-electron chi connectivity index (χ2n) is 2.61. The highest BCUT2D eigenvalue weighted by Gasteiger charge is 2.21. The lowest BCUT2D eigenvalue weighted by molar-refractivity contribution is -0.124. The number of hydrogen-bond acceptors (Lipinski definition) is 2. The van der Waals surface area contributed by atoms with Gasteiger partial charge < -0.3 is 10.6 Å². The van der Waals surface area contributed by atoms with Crippen molar-refractivity contribution in [1.29, 1.82) is 0 Å². The third-order valence-electron chi connectivity index (χ3n) is 1.80. The molecule has 1 heterocycles. The second-order valence-corrected chi connectivity index (χ2v) is 2.61. The summed E-state index contributed by atoms with van der Waals surface area (Å²) >= 11 is 0. The summed E-state index contributed by atoms with van der Waals surface area (Å²) in [7, 11) is 0. The molecule has 11 heavy (non-hydrogen) atoms. The summed E-state index contributed by atoms with van der Waals surface area (Å²) in [6, 6.07) is 0. The Morgan fingerprint density at radius 1 is 1.82 bits per heavy atom. The standard InChI is InChI=1S/C8H12N2O/c1-2-4-10-8(11)7-3-5-9-6-7/h1,7,9H,3-6H2,(H,10,11). The van der Waals surface area contributed by atoms with Gasteiger partial charge in [0.1, 0.15) is 0 Å². The maximum absolute atomic E-state index is 11.2. The Bertz CT molecular complexity index is 177. The van der Waals surface area contributed by atoms with E-state index < -0.39 is 0 Å². The van der Waals surface area contributed by atoms with Crippen molar-refractivity contribution in [3.8, 4) is 12.3 Å². The summed E-state index contributed by atoms with van der Waals surface area (Å²) in [6.45, 7) is 2.07. The van der Waals surface area contributed by atoms with Gasteiger partial charge in [-0.3, -0.25) is 4.79 Å². The van der Waals surface area contributed by atoms with Crippen molar-refractivity contribution < 1.29 is 4.79 Å². The Balaban J connectivity index is 2.24. The lowest BCUT2D eigenvalue weighted by atomic mass is 10.1. The average molecular weight is 152 g/mol. The predicted molar refractivity (Wildman–Crippen MR) is 42.8 cm³/mol. The summed E-state index contributed by atoms with van der Waals surface area (Å²) in [5.74, 6) is 2.57. The number of hydrogen-bond donors (Lipinski definition) is 2. The Morgan fingerprint density at radius 2 is 2.64 bits per heavy atom. The van der Waals surface area contributed by atoms with E-state index in [4.69, 9.17) is 6.42 Å². The molecule has 1 amide bonds. The molecule has 0 aliphatic carbocycles. The lowest BCUT2D eigenvalue weighted by Crippen LogP contribution is -2.31. The first-order valence-electron chi connectivity index (χ1n) is 3.76. The van der Waals surface area contributed by atoms with Crippen LogP contribution < -0.4 is 10.6 Å². The van der Waals surface area contributed by atoms with E-state index in [1.807, 2.05) is 0 Å². The second kappa shape index (κ2) is 3.99. The average Bonchev–Trinajstić information content (AvgIpc) is 2.52. The molecule has 1 saturated heterocycles. The first-order chi connectivity index (χ1) is 5.34. The molecule has 0 aromatic heterocycles. The van der Waals surface area contributed by atoms with Crippen molar-refractivity contribution >= 4 is 5.91 Å². The van der Waals surface area contributed by atoms with Gasteiger partial charge in [-0.1, -0.05) is 5.92 Å². The molecule has 60 valence electrons. The van der Waals surface area contributed by atoms with Gasteiger partial charge in [0.25, 0.3) is 0 Å². The zero-order valence-electron chi connectivity index (χ0n) is 6.39. The molecule has 0 aromatic carbocycles. The Hall–Kier alpha value is -1.01. The van der Waals surface area contributed by atoms with Crippen LogP contribution in [0.15, 0.2) is 0 Å². The first-order valence-corrected chi connectivity index (χ1v) is 3.76. The molecule has 3 heteroatoms. The van der Waals surface area contributed by atoms with E-state index in [0.717, 1.165) is 19.5 Å². The smallest absolute Gasteiger partial charge is 0.225 e. The molecule has 0 aromatic rings. The summed E-state index contributed by atoms with van der Waals surface area (Å²) < 4.78 is 0. The van der Waals surface area contributed by atoms with Gasteiger partial charge in [0.15, 0.2) is 0 Å². The molecule has 1 atom stereocenters. The summed E-state index contributed by atoms with van der Waals surface area (Å²) in [5.41, 5.74) is 0. The van der Waals surface area contributed by atoms with Crippen molar-refractivity contribution in [2.45, 2.75) is 6.42 Å². The van der Waals surface area contributed by atoms with Gasteiger partial charge >= 0.3 is 0 Å². The van der Waals surface area contributed by atoms with Gasteiger partial charge in [-0.25, -0.2) is 0 Å². The van der Waals surface area contributed by atoms with Crippen LogP contribution in [0.5, 0.6) is 0 Å². The van der Waals surface area contributed by atoms with E-state index in [0.29, 0.717) is 6.54 Å². The Kier molecular flexibility index (Phi) is 2.94. The summed E-state index contributed by atoms with van der Waals surface area (Å²) in [6.07, 6.45) is 5.92. The van der Waals surface area contributed by atoms with Crippen molar-refractivity contribution in [1.82, 2.24) is 10.6 Å². The van der Waals surface area contributed by atoms with Gasteiger partial charge in [-0.05, 0) is 13.0 Å². The molecule has 1 fully saturated rings. The number of rotatable bonds is 2. The van der Waals surface area contributed by atoms with E-state index in [1.54, 1.807) is 0 Å². The minimum absolute atomic E-state index is 0.0768. The molecule has 1 aliphatic heterocycles. The van der Waals surface area contributed by atoms with Crippen LogP contribution >= 0.6 is 0 Å². The maximum Gasteiger partial charge on any atom is 0.225 e. The molecule has 1 aliphatic rings. The quantitative estimate of drug-likeness (QED) is 0.516. The van der Waals surface area contributed by atoms with Crippen LogP contribution in [0.25, 0.3) is 0 Å². The molecule has 0 spiro atoms. The van der Waals surface area contributed by atoms with Gasteiger partial charge in [0.05, 0.1) is 12.5 Å². The zero-order valence-corrected chi connectivity index (χ0v) is 6.39. The molecule has 0 bridgehead atoms. The highest BCUT2D eigenvalue weighted by molar-refractivity contribution is 5.79. The summed E-state index contributed by atoms with van der Waals surface area (Å²) in [5, 5.41) is 5.78. The van der Waals surface area contributed by atoms with Crippen LogP contribution in [0.1, 0.15) is 6.42 Å². The predicted octanol–water partition coefficient (Wildman–Crippen LogP) is -0.655. The molecule has 1 unspecified atom stereocenters. The normalized spacial score (nSPS) is 22.6. The summed E-state index contributed by atoms with van der Waals surface area (Å²) in [4.78, 5) is 11.2. The topological polar surface area (TPSA) is 41.1 Å². The van der Waals surface area contributed by atoms with Crippen LogP contribution in [0, 0.1) is 18.3 Å². The van der Waals surface area contributed by atoms with Crippen molar-refractivity contribution in [2.75, 3.05) is 19.6 Å². The van der Waals surface area contributed by atoms with Crippen LogP contribution in [-0.2, 0) is 4.79 Å². The first kappa shape index (κ1) is 8.09. The number of carbonyl (C=O) groups is 1. The van der Waals surface area contributed by atoms with Crippen LogP contribution in [0.3, 0.4) is 0 Å². The fraction of sp³-hybridized carbons (Fsp3) is 0.625. The fourth-order valence-corrected chi connectivity index (χ4v) is 1.16. The third-order valence-corrected chi connectivity index (χ3v) is 1.80. The highest BCUT2D eigenvalue weighted by Crippen LogP contribution is 2.06. The van der Waals surface area contributed by atoms with E-state index in [2.05, 4.69) is 16.6 Å². The minimum Gasteiger partial charge on any atom is -0.345 e. The number of terminal acetylenes is 1. The Morgan fingerprint density at radius 3 is 3.18 bits per heavy atom. The van der Waals surface area contributed by atoms with E-state index in [9.17, 15) is 4.79 Å². The molecular formula is C8H12N2O. The van der Waals surface area contributed by atoms with E-state index in [-0.39, 0.29) is 11.8 Å². The van der Waals surface area contributed by atoms with Crippen molar-refractivity contribution in [3.05, 3.63) is 0 Å². The zero-order chi connectivity index (χ0) is 8.10. The third kappa shape index (κ3) is 2.24. The molecule has 1 rings (SSSR count). The van der Waals surface area contributed by atoms with Gasteiger partial charge in [0.2, 0.25) is 5.91 Å². The largest absolute Gasteiger partial charge is 0.345 e. The molecule has 2 N–H and O–H groups in total. The molecule has 3 nitrogen and oxygen atoms in total. The van der Waals surface area contributed by atoms with E-state index in [1.165, 1.54) is 0 Å². The number of nitrogens with one attached hydrogen (secondary N) is 2. The van der Waals surface area contributed by atoms with Gasteiger partial charge in [-0.15, -0.1) is 6.42 Å². The minimum atomic E-state index is 0.0768. The van der Waals surface area contributed by atoms with E-state index >= 15 is 0 Å². The van der Waals surface area contributed by atoms with Crippen LogP contribution in [-0.4, -0.2) is 25.5 Å².